The minimum atomic E-state index is -0.316. The van der Waals surface area contributed by atoms with Crippen LogP contribution in [0, 0.1) is 0 Å². The smallest absolute Gasteiger partial charge is 0.280 e. The summed E-state index contributed by atoms with van der Waals surface area (Å²) in [7, 11) is 0. The molecule has 3 amide bonds. The summed E-state index contributed by atoms with van der Waals surface area (Å²) in [5.74, 6) is -0.481. The molecular weight excluding hydrogens is 338 g/mol. The molecule has 0 spiro atoms. The molecule has 0 radical (unpaired) electrons. The van der Waals surface area contributed by atoms with Crippen molar-refractivity contribution in [3.8, 4) is 0 Å². The third kappa shape index (κ3) is 2.84. The molecule has 4 rings (SSSR count). The average Bonchev–Trinajstić information content (AvgIpc) is 3.23. The SMILES string of the molecule is O=C(Cc1cccs1)N1CCC(N2C(=O)c3cccnc3C2=O)CC1. The number of hydrogen-bond donors (Lipinski definition) is 0. The van der Waals surface area contributed by atoms with Crippen molar-refractivity contribution >= 4 is 29.1 Å². The fourth-order valence-electron chi connectivity index (χ4n) is 3.46. The van der Waals surface area contributed by atoms with Crippen molar-refractivity contribution in [2.45, 2.75) is 25.3 Å². The zero-order valence-electron chi connectivity index (χ0n) is 13.6. The van der Waals surface area contributed by atoms with E-state index in [-0.39, 0.29) is 29.5 Å². The standard InChI is InChI=1S/C18H17N3O3S/c22-15(11-13-3-2-10-25-13)20-8-5-12(6-9-20)21-17(23)14-4-1-7-19-16(14)18(21)24/h1-4,7,10,12H,5-6,8-9,11H2. The second-order valence-electron chi connectivity index (χ2n) is 6.25. The number of aromatic nitrogens is 1. The zero-order chi connectivity index (χ0) is 17.4. The zero-order valence-corrected chi connectivity index (χ0v) is 14.4. The highest BCUT2D eigenvalue weighted by atomic mass is 32.1. The maximum absolute atomic E-state index is 12.5. The molecule has 0 aromatic carbocycles. The van der Waals surface area contributed by atoms with Crippen molar-refractivity contribution in [1.82, 2.24) is 14.8 Å². The van der Waals surface area contributed by atoms with E-state index in [0.717, 1.165) is 4.88 Å². The highest BCUT2D eigenvalue weighted by Crippen LogP contribution is 2.27. The Bertz CT molecular complexity index is 791. The minimum absolute atomic E-state index is 0.102. The van der Waals surface area contributed by atoms with Crippen LogP contribution in [0.2, 0.25) is 0 Å². The second-order valence-corrected chi connectivity index (χ2v) is 7.28. The summed E-state index contributed by atoms with van der Waals surface area (Å²) in [5.41, 5.74) is 0.618. The number of amides is 3. The first-order chi connectivity index (χ1) is 12.1. The normalized spacial score (nSPS) is 17.9. The Labute approximate surface area is 149 Å². The summed E-state index contributed by atoms with van der Waals surface area (Å²) < 4.78 is 0. The first kappa shape index (κ1) is 16.0. The van der Waals surface area contributed by atoms with Crippen LogP contribution in [-0.4, -0.2) is 51.6 Å². The van der Waals surface area contributed by atoms with Crippen molar-refractivity contribution in [2.75, 3.05) is 13.1 Å². The third-order valence-electron chi connectivity index (χ3n) is 4.77. The molecule has 1 saturated heterocycles. The molecule has 0 bridgehead atoms. The van der Waals surface area contributed by atoms with Crippen LogP contribution in [0.15, 0.2) is 35.8 Å². The molecule has 25 heavy (non-hydrogen) atoms. The lowest BCUT2D eigenvalue weighted by atomic mass is 10.0. The molecular formula is C18H17N3O3S. The molecule has 2 aromatic heterocycles. The molecule has 0 atom stereocenters. The number of imide groups is 1. The van der Waals surface area contributed by atoms with Crippen LogP contribution in [-0.2, 0) is 11.2 Å². The molecule has 6 nitrogen and oxygen atoms in total. The monoisotopic (exact) mass is 355 g/mol. The molecule has 0 aliphatic carbocycles. The molecule has 0 N–H and O–H groups in total. The Morgan fingerprint density at radius 3 is 2.64 bits per heavy atom. The summed E-state index contributed by atoms with van der Waals surface area (Å²) in [6, 6.07) is 7.04. The van der Waals surface area contributed by atoms with Gasteiger partial charge in [-0.25, -0.2) is 0 Å². The van der Waals surface area contributed by atoms with Gasteiger partial charge in [0.2, 0.25) is 5.91 Å². The van der Waals surface area contributed by atoms with Crippen molar-refractivity contribution in [3.63, 3.8) is 0 Å². The van der Waals surface area contributed by atoms with E-state index >= 15 is 0 Å². The largest absolute Gasteiger partial charge is 0.342 e. The van der Waals surface area contributed by atoms with Gasteiger partial charge in [0.25, 0.3) is 11.8 Å². The molecule has 0 unspecified atom stereocenters. The predicted octanol–water partition coefficient (Wildman–Crippen LogP) is 1.97. The van der Waals surface area contributed by atoms with Gasteiger partial charge >= 0.3 is 0 Å². The first-order valence-electron chi connectivity index (χ1n) is 8.28. The average molecular weight is 355 g/mol. The van der Waals surface area contributed by atoms with E-state index in [9.17, 15) is 14.4 Å². The quantitative estimate of drug-likeness (QED) is 0.790. The number of rotatable bonds is 3. The van der Waals surface area contributed by atoms with E-state index in [1.54, 1.807) is 23.5 Å². The summed E-state index contributed by atoms with van der Waals surface area (Å²) in [5, 5.41) is 1.96. The van der Waals surface area contributed by atoms with Gasteiger partial charge in [0.05, 0.1) is 12.0 Å². The highest BCUT2D eigenvalue weighted by molar-refractivity contribution is 7.10. The van der Waals surface area contributed by atoms with Crippen LogP contribution in [0.3, 0.4) is 0 Å². The van der Waals surface area contributed by atoms with E-state index in [0.29, 0.717) is 37.9 Å². The van der Waals surface area contributed by atoms with Gasteiger partial charge in [-0.1, -0.05) is 6.07 Å². The second kappa shape index (κ2) is 6.40. The van der Waals surface area contributed by atoms with Crippen LogP contribution < -0.4 is 0 Å². The Kier molecular flexibility index (Phi) is 4.09. The van der Waals surface area contributed by atoms with Gasteiger partial charge in [-0.05, 0) is 36.4 Å². The van der Waals surface area contributed by atoms with E-state index < -0.39 is 0 Å². The van der Waals surface area contributed by atoms with Crippen LogP contribution in [0.5, 0.6) is 0 Å². The Morgan fingerprint density at radius 2 is 1.96 bits per heavy atom. The molecule has 1 fully saturated rings. The van der Waals surface area contributed by atoms with Crippen LogP contribution in [0.4, 0.5) is 0 Å². The predicted molar refractivity (Wildman–Crippen MR) is 92.4 cm³/mol. The Balaban J connectivity index is 1.40. The Hall–Kier alpha value is -2.54. The van der Waals surface area contributed by atoms with E-state index in [1.165, 1.54) is 11.1 Å². The van der Waals surface area contributed by atoms with Gasteiger partial charge in [0.1, 0.15) is 5.69 Å². The van der Waals surface area contributed by atoms with Crippen molar-refractivity contribution < 1.29 is 14.4 Å². The van der Waals surface area contributed by atoms with Gasteiger partial charge < -0.3 is 4.90 Å². The molecule has 0 saturated carbocycles. The number of carbonyl (C=O) groups is 3. The van der Waals surface area contributed by atoms with Crippen LogP contribution >= 0.6 is 11.3 Å². The number of pyridine rings is 1. The molecule has 7 heteroatoms. The van der Waals surface area contributed by atoms with Gasteiger partial charge in [-0.15, -0.1) is 11.3 Å². The molecule has 4 heterocycles. The van der Waals surface area contributed by atoms with Crippen LogP contribution in [0.25, 0.3) is 0 Å². The number of carbonyl (C=O) groups excluding carboxylic acids is 3. The van der Waals surface area contributed by atoms with Crippen molar-refractivity contribution in [3.05, 3.63) is 52.0 Å². The van der Waals surface area contributed by atoms with Gasteiger partial charge in [-0.2, -0.15) is 0 Å². The lowest BCUT2D eigenvalue weighted by Gasteiger charge is -2.35. The number of likely N-dealkylation sites (tertiary alicyclic amines) is 1. The lowest BCUT2D eigenvalue weighted by molar-refractivity contribution is -0.131. The van der Waals surface area contributed by atoms with E-state index in [4.69, 9.17) is 0 Å². The van der Waals surface area contributed by atoms with Crippen LogP contribution in [0.1, 0.15) is 38.6 Å². The van der Waals surface area contributed by atoms with E-state index in [2.05, 4.69) is 4.98 Å². The van der Waals surface area contributed by atoms with Crippen molar-refractivity contribution in [1.29, 1.82) is 0 Å². The first-order valence-corrected chi connectivity index (χ1v) is 9.16. The highest BCUT2D eigenvalue weighted by Gasteiger charge is 2.42. The summed E-state index contributed by atoms with van der Waals surface area (Å²) in [6.45, 7) is 1.13. The molecule has 2 aliphatic rings. The number of fused-ring (bicyclic) bond motifs is 1. The van der Waals surface area contributed by atoms with Gasteiger partial charge in [-0.3, -0.25) is 24.3 Å². The lowest BCUT2D eigenvalue weighted by Crippen LogP contribution is -2.49. The maximum atomic E-state index is 12.5. The third-order valence-corrected chi connectivity index (χ3v) is 5.64. The number of thiophene rings is 1. The van der Waals surface area contributed by atoms with Crippen molar-refractivity contribution in [2.24, 2.45) is 0 Å². The fraction of sp³-hybridized carbons (Fsp3) is 0.333. The Morgan fingerprint density at radius 1 is 1.16 bits per heavy atom. The summed E-state index contributed by atoms with van der Waals surface area (Å²) in [4.78, 5) is 45.6. The molecule has 2 aliphatic heterocycles. The fourth-order valence-corrected chi connectivity index (χ4v) is 4.16. The number of hydrogen-bond acceptors (Lipinski definition) is 5. The van der Waals surface area contributed by atoms with Gasteiger partial charge in [0, 0.05) is 30.2 Å². The maximum Gasteiger partial charge on any atom is 0.280 e. The molecule has 128 valence electrons. The number of nitrogens with zero attached hydrogens (tertiary/aromatic N) is 3. The minimum Gasteiger partial charge on any atom is -0.342 e. The summed E-state index contributed by atoms with van der Waals surface area (Å²) in [6.07, 6.45) is 3.17. The topological polar surface area (TPSA) is 70.6 Å². The number of piperidine rings is 1. The summed E-state index contributed by atoms with van der Waals surface area (Å²) >= 11 is 1.58. The molecule has 2 aromatic rings. The van der Waals surface area contributed by atoms with Gasteiger partial charge in [0.15, 0.2) is 0 Å². The van der Waals surface area contributed by atoms with E-state index in [1.807, 2.05) is 22.4 Å².